The number of halogens is 1. The number of para-hydroxylation sites is 1. The van der Waals surface area contributed by atoms with E-state index in [1.54, 1.807) is 6.33 Å². The van der Waals surface area contributed by atoms with Crippen LogP contribution in [-0.2, 0) is 0 Å². The van der Waals surface area contributed by atoms with E-state index in [-0.39, 0.29) is 0 Å². The maximum atomic E-state index is 6.44. The van der Waals surface area contributed by atoms with Gasteiger partial charge in [-0.15, -0.1) is 0 Å². The van der Waals surface area contributed by atoms with Crippen LogP contribution in [0.2, 0.25) is 0 Å². The van der Waals surface area contributed by atoms with Gasteiger partial charge < -0.3 is 20.9 Å². The number of anilines is 5. The Hall–Kier alpha value is -2.80. The molecule has 1 aliphatic rings. The molecule has 0 bridgehead atoms. The molecule has 6 nitrogen and oxygen atoms in total. The molecule has 150 valence electrons. The molecule has 1 saturated heterocycles. The minimum Gasteiger partial charge on any atom is -0.393 e. The molecule has 0 saturated carbocycles. The number of nitrogens with zero attached hydrogens (tertiary/aromatic N) is 4. The van der Waals surface area contributed by atoms with Crippen LogP contribution in [0.25, 0.3) is 0 Å². The van der Waals surface area contributed by atoms with Crippen molar-refractivity contribution in [3.63, 3.8) is 0 Å². The van der Waals surface area contributed by atoms with Gasteiger partial charge in [-0.05, 0) is 59.1 Å². The van der Waals surface area contributed by atoms with E-state index >= 15 is 0 Å². The van der Waals surface area contributed by atoms with E-state index in [0.717, 1.165) is 42.2 Å². The molecule has 2 heterocycles. The highest BCUT2D eigenvalue weighted by Gasteiger charge is 2.22. The molecule has 7 heteroatoms. The zero-order valence-corrected chi connectivity index (χ0v) is 18.3. The molecular formula is C22H25BrN6. The number of nitrogens with one attached hydrogen (secondary N) is 1. The highest BCUT2D eigenvalue weighted by Crippen LogP contribution is 2.32. The van der Waals surface area contributed by atoms with Crippen LogP contribution in [0.4, 0.5) is 28.7 Å². The van der Waals surface area contributed by atoms with Gasteiger partial charge >= 0.3 is 0 Å². The summed E-state index contributed by atoms with van der Waals surface area (Å²) in [6.07, 6.45) is 1.57. The smallest absolute Gasteiger partial charge is 0.159 e. The van der Waals surface area contributed by atoms with Crippen LogP contribution in [-0.4, -0.2) is 36.1 Å². The number of aromatic nitrogens is 2. The number of piperazine rings is 1. The Balaban J connectivity index is 1.50. The van der Waals surface area contributed by atoms with Crippen LogP contribution in [0.3, 0.4) is 0 Å². The summed E-state index contributed by atoms with van der Waals surface area (Å²) in [7, 11) is 0. The standard InChI is InChI=1S/C22H25BrN6/c1-15-6-5-9-19(16(15)2)28-10-12-29(13-11-28)22-20(24)21(25-14-26-22)27-18-8-4-3-7-17(18)23/h3-9,14H,10-13,24H2,1-2H3,(H,25,26,27). The monoisotopic (exact) mass is 452 g/mol. The van der Waals surface area contributed by atoms with Gasteiger partial charge in [0.1, 0.15) is 12.0 Å². The average molecular weight is 453 g/mol. The largest absolute Gasteiger partial charge is 0.393 e. The molecule has 0 radical (unpaired) electrons. The van der Waals surface area contributed by atoms with Gasteiger partial charge in [0.25, 0.3) is 0 Å². The molecule has 0 unspecified atom stereocenters. The minimum atomic E-state index is 0.573. The number of nitrogens with two attached hydrogens (primary N) is 1. The van der Waals surface area contributed by atoms with E-state index in [1.807, 2.05) is 24.3 Å². The first-order valence-corrected chi connectivity index (χ1v) is 10.5. The lowest BCUT2D eigenvalue weighted by atomic mass is 10.1. The second-order valence-corrected chi connectivity index (χ2v) is 8.11. The van der Waals surface area contributed by atoms with Crippen molar-refractivity contribution in [2.24, 2.45) is 0 Å². The summed E-state index contributed by atoms with van der Waals surface area (Å²) in [6, 6.07) is 14.4. The number of benzene rings is 2. The summed E-state index contributed by atoms with van der Waals surface area (Å²) in [5.41, 5.74) is 11.9. The van der Waals surface area contributed by atoms with Crippen molar-refractivity contribution in [3.8, 4) is 0 Å². The Kier molecular flexibility index (Phi) is 5.58. The van der Waals surface area contributed by atoms with Gasteiger partial charge in [0.05, 0.1) is 5.69 Å². The third-order valence-electron chi connectivity index (χ3n) is 5.49. The summed E-state index contributed by atoms with van der Waals surface area (Å²) < 4.78 is 0.960. The van der Waals surface area contributed by atoms with Crippen LogP contribution in [0.15, 0.2) is 53.3 Å². The van der Waals surface area contributed by atoms with Gasteiger partial charge in [-0.1, -0.05) is 24.3 Å². The van der Waals surface area contributed by atoms with Crippen LogP contribution in [0.5, 0.6) is 0 Å². The number of aryl methyl sites for hydroxylation is 1. The lowest BCUT2D eigenvalue weighted by Crippen LogP contribution is -2.47. The van der Waals surface area contributed by atoms with Crippen molar-refractivity contribution in [1.82, 2.24) is 9.97 Å². The fourth-order valence-electron chi connectivity index (χ4n) is 3.67. The molecule has 29 heavy (non-hydrogen) atoms. The van der Waals surface area contributed by atoms with Gasteiger partial charge in [-0.25, -0.2) is 9.97 Å². The lowest BCUT2D eigenvalue weighted by molar-refractivity contribution is 0.646. The predicted octanol–water partition coefficient (Wildman–Crippen LogP) is 4.51. The van der Waals surface area contributed by atoms with Crippen molar-refractivity contribution in [1.29, 1.82) is 0 Å². The summed E-state index contributed by atoms with van der Waals surface area (Å²) in [5.74, 6) is 1.41. The van der Waals surface area contributed by atoms with E-state index in [4.69, 9.17) is 5.73 Å². The summed E-state index contributed by atoms with van der Waals surface area (Å²) >= 11 is 3.55. The van der Waals surface area contributed by atoms with E-state index in [0.29, 0.717) is 11.5 Å². The van der Waals surface area contributed by atoms with Gasteiger partial charge in [-0.2, -0.15) is 0 Å². The van der Waals surface area contributed by atoms with E-state index in [2.05, 4.69) is 73.1 Å². The molecule has 0 amide bonds. The Morgan fingerprint density at radius 3 is 2.41 bits per heavy atom. The first kappa shape index (κ1) is 19.5. The first-order chi connectivity index (χ1) is 14.0. The van der Waals surface area contributed by atoms with Crippen LogP contribution in [0, 0.1) is 13.8 Å². The lowest BCUT2D eigenvalue weighted by Gasteiger charge is -2.38. The summed E-state index contributed by atoms with van der Waals surface area (Å²) in [5, 5.41) is 3.31. The fraction of sp³-hybridized carbons (Fsp3) is 0.273. The third kappa shape index (κ3) is 4.00. The second-order valence-electron chi connectivity index (χ2n) is 7.26. The van der Waals surface area contributed by atoms with Gasteiger partial charge in [0.2, 0.25) is 0 Å². The SMILES string of the molecule is Cc1cccc(N2CCN(c3ncnc(Nc4ccccc4Br)c3N)CC2)c1C. The summed E-state index contributed by atoms with van der Waals surface area (Å²) in [4.78, 5) is 13.5. The van der Waals surface area contributed by atoms with Crippen LogP contribution < -0.4 is 20.9 Å². The van der Waals surface area contributed by atoms with E-state index in [9.17, 15) is 0 Å². The van der Waals surface area contributed by atoms with Gasteiger partial charge in [0, 0.05) is 36.3 Å². The number of nitrogen functional groups attached to an aromatic ring is 1. The molecule has 1 aromatic heterocycles. The topological polar surface area (TPSA) is 70.3 Å². The molecule has 0 aliphatic carbocycles. The van der Waals surface area contributed by atoms with Crippen molar-refractivity contribution in [3.05, 3.63) is 64.4 Å². The number of rotatable bonds is 4. The molecule has 0 atom stereocenters. The maximum Gasteiger partial charge on any atom is 0.159 e. The Bertz CT molecular complexity index is 1010. The van der Waals surface area contributed by atoms with Crippen LogP contribution >= 0.6 is 15.9 Å². The molecular weight excluding hydrogens is 428 g/mol. The molecule has 3 aromatic rings. The van der Waals surface area contributed by atoms with Crippen LogP contribution in [0.1, 0.15) is 11.1 Å². The molecule has 1 fully saturated rings. The highest BCUT2D eigenvalue weighted by molar-refractivity contribution is 9.10. The number of hydrogen-bond donors (Lipinski definition) is 2. The van der Waals surface area contributed by atoms with E-state index < -0.39 is 0 Å². The van der Waals surface area contributed by atoms with Crippen molar-refractivity contribution in [2.45, 2.75) is 13.8 Å². The zero-order valence-electron chi connectivity index (χ0n) is 16.7. The van der Waals surface area contributed by atoms with Crippen molar-refractivity contribution in [2.75, 3.05) is 47.0 Å². The molecule has 4 rings (SSSR count). The normalized spacial score (nSPS) is 14.2. The van der Waals surface area contributed by atoms with E-state index in [1.165, 1.54) is 16.8 Å². The predicted molar refractivity (Wildman–Crippen MR) is 124 cm³/mol. The number of hydrogen-bond acceptors (Lipinski definition) is 6. The third-order valence-corrected chi connectivity index (χ3v) is 6.18. The minimum absolute atomic E-state index is 0.573. The Labute approximate surface area is 179 Å². The second kappa shape index (κ2) is 8.29. The zero-order chi connectivity index (χ0) is 20.4. The molecule has 3 N–H and O–H groups in total. The molecule has 1 aliphatic heterocycles. The highest BCUT2D eigenvalue weighted by atomic mass is 79.9. The average Bonchev–Trinajstić information content (AvgIpc) is 2.73. The van der Waals surface area contributed by atoms with Crippen molar-refractivity contribution >= 4 is 44.6 Å². The van der Waals surface area contributed by atoms with Gasteiger partial charge in [-0.3, -0.25) is 0 Å². The fourth-order valence-corrected chi connectivity index (χ4v) is 4.05. The van der Waals surface area contributed by atoms with Gasteiger partial charge in [0.15, 0.2) is 11.6 Å². The van der Waals surface area contributed by atoms with Crippen molar-refractivity contribution < 1.29 is 0 Å². The molecule has 0 spiro atoms. The Morgan fingerprint density at radius 2 is 1.66 bits per heavy atom. The Morgan fingerprint density at radius 1 is 0.931 bits per heavy atom. The molecule has 2 aromatic carbocycles. The maximum absolute atomic E-state index is 6.44. The quantitative estimate of drug-likeness (QED) is 0.606. The first-order valence-electron chi connectivity index (χ1n) is 9.72. The summed E-state index contributed by atoms with van der Waals surface area (Å²) in [6.45, 7) is 7.95.